The number of hydrogen-bond donors (Lipinski definition) is 5. The van der Waals surface area contributed by atoms with E-state index < -0.39 is 44.7 Å². The van der Waals surface area contributed by atoms with E-state index in [1.807, 2.05) is 0 Å². The first kappa shape index (κ1) is 28.6. The molecule has 3 aromatic rings. The van der Waals surface area contributed by atoms with Crippen molar-refractivity contribution >= 4 is 71.5 Å². The number of ether oxygens (including phenoxy) is 1. The minimum Gasteiger partial charge on any atom is -0.382 e. The molecular formula is C19H23FN10O7P2S2. The van der Waals surface area contributed by atoms with E-state index in [2.05, 4.69) is 36.8 Å². The lowest BCUT2D eigenvalue weighted by atomic mass is 10.1. The maximum atomic E-state index is 15.9. The number of fused-ring (bicyclic) bond motifs is 6. The van der Waals surface area contributed by atoms with Crippen LogP contribution >= 0.6 is 13.4 Å². The Labute approximate surface area is 240 Å². The van der Waals surface area contributed by atoms with E-state index >= 15 is 4.39 Å². The molecule has 7 N–H and O–H groups in total. The molecule has 6 heterocycles. The average molecular weight is 649 g/mol. The smallest absolute Gasteiger partial charge is 0.325 e. The summed E-state index contributed by atoms with van der Waals surface area (Å²) in [6.07, 6.45) is -3.52. The van der Waals surface area contributed by atoms with Crippen LogP contribution in [0, 0.1) is 0 Å². The summed E-state index contributed by atoms with van der Waals surface area (Å²) in [5.74, 6) is 0.539. The Kier molecular flexibility index (Phi) is 7.44. The highest BCUT2D eigenvalue weighted by Gasteiger charge is 2.51. The summed E-state index contributed by atoms with van der Waals surface area (Å²) in [7, 11) is 0. The van der Waals surface area contributed by atoms with Crippen LogP contribution in [0.25, 0.3) is 16.9 Å². The molecule has 0 amide bonds. The Morgan fingerprint density at radius 2 is 1.95 bits per heavy atom. The number of guanidine groups is 1. The van der Waals surface area contributed by atoms with Crippen molar-refractivity contribution in [3.05, 3.63) is 30.8 Å². The van der Waals surface area contributed by atoms with Gasteiger partial charge in [-0.05, 0) is 23.6 Å². The molecule has 220 valence electrons. The van der Waals surface area contributed by atoms with E-state index in [9.17, 15) is 9.79 Å². The fourth-order valence-corrected chi connectivity index (χ4v) is 6.96. The highest BCUT2D eigenvalue weighted by Crippen LogP contribution is 2.52. The van der Waals surface area contributed by atoms with E-state index in [1.165, 1.54) is 17.2 Å². The quantitative estimate of drug-likeness (QED) is 0.226. The number of nitrogens with two attached hydrogens (primary N) is 2. The third-order valence-electron chi connectivity index (χ3n) is 6.32. The minimum absolute atomic E-state index is 0.0211. The average Bonchev–Trinajstić information content (AvgIpc) is 3.56. The van der Waals surface area contributed by atoms with Gasteiger partial charge in [0.1, 0.15) is 36.7 Å². The minimum atomic E-state index is -4.15. The molecule has 3 aromatic heterocycles. The number of nitrogens with one attached hydrogen (secondary N) is 1. The SMILES string of the molecule is C=C1NC(N)=Nc2c1ncn2[C@@H]1O[C@@H]2COP(O)(=S)OCCn3c(nc4c(N)ncnc43)COP(O)(=S)O[C@@H]1[C@@H]2F. The molecule has 0 saturated carbocycles. The van der Waals surface area contributed by atoms with Gasteiger partial charge < -0.3 is 49.4 Å². The Hall–Kier alpha value is -2.48. The number of aromatic nitrogens is 6. The van der Waals surface area contributed by atoms with Crippen LogP contribution in [0.2, 0.25) is 0 Å². The molecule has 6 rings (SSSR count). The van der Waals surface area contributed by atoms with Gasteiger partial charge in [0.2, 0.25) is 0 Å². The maximum Gasteiger partial charge on any atom is 0.325 e. The van der Waals surface area contributed by atoms with Crippen molar-refractivity contribution < 1.29 is 37.0 Å². The largest absolute Gasteiger partial charge is 0.382 e. The molecule has 0 aliphatic carbocycles. The third kappa shape index (κ3) is 5.53. The molecule has 6 atom stereocenters. The molecule has 1 fully saturated rings. The van der Waals surface area contributed by atoms with Crippen molar-refractivity contribution in [3.63, 3.8) is 0 Å². The second-order valence-corrected chi connectivity index (χ2v) is 14.6. The molecule has 0 radical (unpaired) electrons. The molecule has 0 spiro atoms. The number of halogens is 1. The fraction of sp³-hybridized carbons (Fsp3) is 0.421. The number of alkyl halides is 1. The zero-order valence-electron chi connectivity index (χ0n) is 20.8. The number of anilines is 1. The lowest BCUT2D eigenvalue weighted by Crippen LogP contribution is -2.33. The van der Waals surface area contributed by atoms with Gasteiger partial charge >= 0.3 is 13.4 Å². The molecular weight excluding hydrogens is 625 g/mol. The van der Waals surface area contributed by atoms with Crippen molar-refractivity contribution in [1.29, 1.82) is 0 Å². The number of nitrogen functional groups attached to an aromatic ring is 1. The molecule has 1 saturated heterocycles. The first-order chi connectivity index (χ1) is 19.4. The van der Waals surface area contributed by atoms with Crippen LogP contribution in [-0.2, 0) is 59.6 Å². The van der Waals surface area contributed by atoms with Gasteiger partial charge in [0.15, 0.2) is 41.2 Å². The summed E-state index contributed by atoms with van der Waals surface area (Å²) in [6, 6.07) is 0. The summed E-state index contributed by atoms with van der Waals surface area (Å²) < 4.78 is 46.9. The second-order valence-electron chi connectivity index (χ2n) is 8.95. The first-order valence-corrected chi connectivity index (χ1v) is 17.0. The lowest BCUT2D eigenvalue weighted by Gasteiger charge is -2.26. The number of imidazole rings is 2. The summed E-state index contributed by atoms with van der Waals surface area (Å²) in [6.45, 7) is -5.11. The van der Waals surface area contributed by atoms with Crippen molar-refractivity contribution in [2.75, 3.05) is 18.9 Å². The zero-order chi connectivity index (χ0) is 29.1. The highest BCUT2D eigenvalue weighted by molar-refractivity contribution is 8.07. The Morgan fingerprint density at radius 3 is 2.76 bits per heavy atom. The van der Waals surface area contributed by atoms with Gasteiger partial charge in [-0.2, -0.15) is 4.99 Å². The third-order valence-corrected chi connectivity index (χ3v) is 9.48. The van der Waals surface area contributed by atoms with E-state index in [-0.39, 0.29) is 48.7 Å². The number of rotatable bonds is 1. The topological polar surface area (TPSA) is 224 Å². The van der Waals surface area contributed by atoms with Crippen molar-refractivity contribution in [3.8, 4) is 0 Å². The van der Waals surface area contributed by atoms with Crippen LogP contribution < -0.4 is 16.8 Å². The second kappa shape index (κ2) is 10.7. The van der Waals surface area contributed by atoms with Gasteiger partial charge in [0.05, 0.1) is 25.2 Å². The molecule has 3 aliphatic rings. The van der Waals surface area contributed by atoms with E-state index in [0.29, 0.717) is 17.0 Å². The highest BCUT2D eigenvalue weighted by atomic mass is 32.5. The normalized spacial score (nSPS) is 32.9. The molecule has 0 aromatic carbocycles. The number of hydrogen-bond acceptors (Lipinski definition) is 15. The van der Waals surface area contributed by atoms with Gasteiger partial charge in [-0.3, -0.25) is 9.09 Å². The van der Waals surface area contributed by atoms with Crippen LogP contribution in [-0.4, -0.2) is 76.4 Å². The summed E-state index contributed by atoms with van der Waals surface area (Å²) in [4.78, 5) is 42.6. The summed E-state index contributed by atoms with van der Waals surface area (Å²) in [5.41, 5.74) is 13.1. The van der Waals surface area contributed by atoms with Gasteiger partial charge in [0.25, 0.3) is 0 Å². The maximum absolute atomic E-state index is 15.9. The Balaban J connectivity index is 1.37. The monoisotopic (exact) mass is 648 g/mol. The molecule has 3 aliphatic heterocycles. The van der Waals surface area contributed by atoms with E-state index in [1.54, 1.807) is 4.57 Å². The van der Waals surface area contributed by atoms with Crippen molar-refractivity contribution in [2.24, 2.45) is 10.7 Å². The summed E-state index contributed by atoms with van der Waals surface area (Å²) in [5, 5.41) is 2.75. The van der Waals surface area contributed by atoms with Crippen molar-refractivity contribution in [2.45, 2.75) is 37.8 Å². The standard InChI is InChI=1S/C19H23FN10O7P2S2/c1-8-12-17(28-19(22)26-8)30(7-25-12)18-14-11(20)9(36-18)4-34-38(31,40)33-3-2-29-10(5-35-39(32,41)37-14)27-13-15(21)23-6-24-16(13)29/h6-7,9,11,14,18H,1-5H2,(H,31,40)(H,32,41)(H2,21,23,24)(H3,22,26,28)/t9-,11-,14-,18-,38?,39?/m1/s1. The summed E-state index contributed by atoms with van der Waals surface area (Å²) >= 11 is 10.4. The van der Waals surface area contributed by atoms with E-state index in [0.717, 1.165) is 0 Å². The van der Waals surface area contributed by atoms with Crippen LogP contribution in [0.15, 0.2) is 24.2 Å². The van der Waals surface area contributed by atoms with Crippen LogP contribution in [0.1, 0.15) is 17.7 Å². The van der Waals surface area contributed by atoms with Gasteiger partial charge in [0, 0.05) is 6.54 Å². The van der Waals surface area contributed by atoms with Gasteiger partial charge in [-0.25, -0.2) is 24.3 Å². The van der Waals surface area contributed by atoms with Gasteiger partial charge in [-0.15, -0.1) is 0 Å². The van der Waals surface area contributed by atoms with Crippen LogP contribution in [0.3, 0.4) is 0 Å². The van der Waals surface area contributed by atoms with Crippen LogP contribution in [0.5, 0.6) is 0 Å². The van der Waals surface area contributed by atoms with E-state index in [4.69, 9.17) is 57.9 Å². The van der Waals surface area contributed by atoms with Gasteiger partial charge in [-0.1, -0.05) is 6.58 Å². The van der Waals surface area contributed by atoms with Crippen molar-refractivity contribution in [1.82, 2.24) is 34.4 Å². The molecule has 22 heteroatoms. The first-order valence-electron chi connectivity index (χ1n) is 11.8. The molecule has 41 heavy (non-hydrogen) atoms. The van der Waals surface area contributed by atoms with Crippen LogP contribution in [0.4, 0.5) is 16.0 Å². The fourth-order valence-electron chi connectivity index (χ4n) is 4.51. The molecule has 17 nitrogen and oxygen atoms in total. The molecule has 2 bridgehead atoms. The zero-order valence-corrected chi connectivity index (χ0v) is 24.2. The predicted octanol–water partition coefficient (Wildman–Crippen LogP) is 0.443. The lowest BCUT2D eigenvalue weighted by molar-refractivity contribution is -0.0474. The Morgan fingerprint density at radius 1 is 1.15 bits per heavy atom. The molecule has 2 unspecified atom stereocenters. The number of nitrogens with zero attached hydrogens (tertiary/aromatic N) is 7. The predicted molar refractivity (Wildman–Crippen MR) is 149 cm³/mol. The Bertz CT molecular complexity index is 1670. The number of aliphatic imine (C=N–C) groups is 1.